The van der Waals surface area contributed by atoms with Gasteiger partial charge in [0.1, 0.15) is 5.76 Å². The number of carboxylic acid groups (broad SMARTS) is 1. The number of nitrogens with zero attached hydrogens (tertiary/aromatic N) is 1. The van der Waals surface area contributed by atoms with Crippen LogP contribution < -0.4 is 4.72 Å². The fraction of sp³-hybridized carbons (Fsp3) is 0.389. The smallest absolute Gasteiger partial charge is 0.335 e. The molecule has 1 aromatic carbocycles. The van der Waals surface area contributed by atoms with Gasteiger partial charge in [-0.25, -0.2) is 17.9 Å². The summed E-state index contributed by atoms with van der Waals surface area (Å²) in [6.07, 6.45) is 3.72. The molecule has 2 N–H and O–H groups in total. The molecule has 1 aliphatic rings. The maximum atomic E-state index is 12.7. The zero-order valence-corrected chi connectivity index (χ0v) is 15.3. The molecule has 3 rings (SSSR count). The highest BCUT2D eigenvalue weighted by Crippen LogP contribution is 2.25. The van der Waals surface area contributed by atoms with Gasteiger partial charge in [0.2, 0.25) is 10.0 Å². The molecular formula is C18H22N2O5S. The number of carboxylic acids is 1. The van der Waals surface area contributed by atoms with Crippen molar-refractivity contribution in [2.75, 3.05) is 19.6 Å². The van der Waals surface area contributed by atoms with Gasteiger partial charge in [0, 0.05) is 6.54 Å². The fourth-order valence-electron chi connectivity index (χ4n) is 3.21. The summed E-state index contributed by atoms with van der Waals surface area (Å²) in [5.41, 5.74) is 0.497. The highest BCUT2D eigenvalue weighted by atomic mass is 32.2. The number of hydrogen-bond acceptors (Lipinski definition) is 5. The Morgan fingerprint density at radius 3 is 2.65 bits per heavy atom. The first kappa shape index (κ1) is 18.6. The van der Waals surface area contributed by atoms with Crippen LogP contribution >= 0.6 is 0 Å². The quantitative estimate of drug-likeness (QED) is 0.767. The molecule has 2 heterocycles. The third kappa shape index (κ3) is 3.98. The number of likely N-dealkylation sites (tertiary alicyclic amines) is 1. The molecule has 0 amide bonds. The van der Waals surface area contributed by atoms with Gasteiger partial charge in [0.15, 0.2) is 0 Å². The molecular weight excluding hydrogens is 356 g/mol. The zero-order valence-electron chi connectivity index (χ0n) is 14.5. The Labute approximate surface area is 152 Å². The minimum atomic E-state index is -3.83. The molecule has 0 radical (unpaired) electrons. The maximum absolute atomic E-state index is 12.7. The van der Waals surface area contributed by atoms with Gasteiger partial charge < -0.3 is 9.52 Å². The highest BCUT2D eigenvalue weighted by Gasteiger charge is 2.27. The highest BCUT2D eigenvalue weighted by molar-refractivity contribution is 7.89. The topological polar surface area (TPSA) is 99.9 Å². The fourth-order valence-corrected chi connectivity index (χ4v) is 4.28. The number of carbonyl (C=O) groups is 1. The van der Waals surface area contributed by atoms with E-state index in [0.717, 1.165) is 25.9 Å². The van der Waals surface area contributed by atoms with Gasteiger partial charge in [-0.3, -0.25) is 4.90 Å². The van der Waals surface area contributed by atoms with Gasteiger partial charge in [-0.1, -0.05) is 6.07 Å². The van der Waals surface area contributed by atoms with Crippen LogP contribution in [0.4, 0.5) is 0 Å². The summed E-state index contributed by atoms with van der Waals surface area (Å²) in [7, 11) is -3.83. The molecule has 1 aromatic heterocycles. The molecule has 1 saturated heterocycles. The minimum absolute atomic E-state index is 0.0185. The number of sulfonamides is 1. The lowest BCUT2D eigenvalue weighted by molar-refractivity contribution is 0.0696. The third-order valence-electron chi connectivity index (χ3n) is 4.67. The number of benzene rings is 1. The van der Waals surface area contributed by atoms with Gasteiger partial charge in [-0.2, -0.15) is 0 Å². The molecule has 0 spiro atoms. The molecule has 1 atom stereocenters. The average molecular weight is 378 g/mol. The summed E-state index contributed by atoms with van der Waals surface area (Å²) < 4.78 is 33.4. The van der Waals surface area contributed by atoms with Crippen molar-refractivity contribution in [3.05, 3.63) is 53.5 Å². The maximum Gasteiger partial charge on any atom is 0.335 e. The van der Waals surface area contributed by atoms with E-state index in [4.69, 9.17) is 4.42 Å². The van der Waals surface area contributed by atoms with Gasteiger partial charge >= 0.3 is 5.97 Å². The molecule has 0 saturated carbocycles. The second kappa shape index (κ2) is 7.61. The van der Waals surface area contributed by atoms with Crippen molar-refractivity contribution in [2.24, 2.45) is 0 Å². The molecule has 7 nitrogen and oxygen atoms in total. The van der Waals surface area contributed by atoms with Gasteiger partial charge in [-0.05, 0) is 62.7 Å². The zero-order chi connectivity index (χ0) is 18.7. The van der Waals surface area contributed by atoms with E-state index in [0.29, 0.717) is 11.3 Å². The van der Waals surface area contributed by atoms with Crippen LogP contribution in [0.5, 0.6) is 0 Å². The van der Waals surface area contributed by atoms with Crippen molar-refractivity contribution in [2.45, 2.75) is 30.7 Å². The predicted molar refractivity (Wildman–Crippen MR) is 95.6 cm³/mol. The van der Waals surface area contributed by atoms with E-state index in [-0.39, 0.29) is 23.0 Å². The van der Waals surface area contributed by atoms with Crippen LogP contribution in [0.2, 0.25) is 0 Å². The lowest BCUT2D eigenvalue weighted by Crippen LogP contribution is -2.36. The van der Waals surface area contributed by atoms with E-state index in [1.807, 2.05) is 6.07 Å². The van der Waals surface area contributed by atoms with Crippen molar-refractivity contribution < 1.29 is 22.7 Å². The third-order valence-corrected chi connectivity index (χ3v) is 6.09. The Morgan fingerprint density at radius 1 is 1.31 bits per heavy atom. The average Bonchev–Trinajstić information content (AvgIpc) is 3.29. The summed E-state index contributed by atoms with van der Waals surface area (Å²) in [5, 5.41) is 9.21. The molecule has 1 aliphatic heterocycles. The predicted octanol–water partition coefficient (Wildman–Crippen LogP) is 2.40. The van der Waals surface area contributed by atoms with Crippen LogP contribution in [0.1, 0.15) is 40.6 Å². The monoisotopic (exact) mass is 378 g/mol. The van der Waals surface area contributed by atoms with Crippen molar-refractivity contribution in [1.82, 2.24) is 9.62 Å². The molecule has 2 aromatic rings. The number of aryl methyl sites for hydroxylation is 1. The van der Waals surface area contributed by atoms with Gasteiger partial charge in [0.25, 0.3) is 0 Å². The molecule has 1 unspecified atom stereocenters. The first-order valence-corrected chi connectivity index (χ1v) is 9.98. The molecule has 0 aliphatic carbocycles. The summed E-state index contributed by atoms with van der Waals surface area (Å²) in [6, 6.07) is 7.55. The molecule has 0 bridgehead atoms. The Kier molecular flexibility index (Phi) is 5.45. The lowest BCUT2D eigenvalue weighted by Gasteiger charge is -2.26. The first-order chi connectivity index (χ1) is 12.4. The molecule has 140 valence electrons. The van der Waals surface area contributed by atoms with E-state index < -0.39 is 16.0 Å². The SMILES string of the molecule is Cc1ccc(S(=O)(=O)NCC(c2ccco2)N2CCCC2)cc1C(=O)O. The largest absolute Gasteiger partial charge is 0.478 e. The van der Waals surface area contributed by atoms with Gasteiger partial charge in [0.05, 0.1) is 22.8 Å². The van der Waals surface area contributed by atoms with Crippen LogP contribution in [0.25, 0.3) is 0 Å². The second-order valence-electron chi connectivity index (χ2n) is 6.41. The van der Waals surface area contributed by atoms with Crippen LogP contribution in [0, 0.1) is 6.92 Å². The van der Waals surface area contributed by atoms with E-state index >= 15 is 0 Å². The van der Waals surface area contributed by atoms with Crippen LogP contribution in [-0.4, -0.2) is 44.0 Å². The Balaban J connectivity index is 1.80. The van der Waals surface area contributed by atoms with Gasteiger partial charge in [-0.15, -0.1) is 0 Å². The second-order valence-corrected chi connectivity index (χ2v) is 8.18. The van der Waals surface area contributed by atoms with Crippen molar-refractivity contribution in [3.8, 4) is 0 Å². The number of aromatic carboxylic acids is 1. The minimum Gasteiger partial charge on any atom is -0.478 e. The van der Waals surface area contributed by atoms with Crippen LogP contribution in [-0.2, 0) is 10.0 Å². The first-order valence-electron chi connectivity index (χ1n) is 8.49. The van der Waals surface area contributed by atoms with E-state index in [1.165, 1.54) is 18.2 Å². The Morgan fingerprint density at radius 2 is 2.04 bits per heavy atom. The number of hydrogen-bond donors (Lipinski definition) is 2. The van der Waals surface area contributed by atoms with Crippen molar-refractivity contribution in [3.63, 3.8) is 0 Å². The summed E-state index contributed by atoms with van der Waals surface area (Å²) in [4.78, 5) is 13.4. The molecule has 26 heavy (non-hydrogen) atoms. The van der Waals surface area contributed by atoms with Crippen molar-refractivity contribution in [1.29, 1.82) is 0 Å². The summed E-state index contributed by atoms with van der Waals surface area (Å²) >= 11 is 0. The standard InChI is InChI=1S/C18H22N2O5S/c1-13-6-7-14(11-15(13)18(21)22)26(23,24)19-12-16(17-5-4-10-25-17)20-8-2-3-9-20/h4-7,10-11,16,19H,2-3,8-9,12H2,1H3,(H,21,22). The number of rotatable bonds is 7. The molecule has 8 heteroatoms. The van der Waals surface area contributed by atoms with Crippen LogP contribution in [0.3, 0.4) is 0 Å². The number of nitrogens with one attached hydrogen (secondary N) is 1. The Bertz CT molecular complexity index is 871. The number of furan rings is 1. The summed E-state index contributed by atoms with van der Waals surface area (Å²) in [6.45, 7) is 3.57. The Hall–Kier alpha value is -2.16. The summed E-state index contributed by atoms with van der Waals surface area (Å²) in [5.74, 6) is -0.435. The lowest BCUT2D eigenvalue weighted by atomic mass is 10.1. The van der Waals surface area contributed by atoms with E-state index in [1.54, 1.807) is 19.3 Å². The van der Waals surface area contributed by atoms with Crippen molar-refractivity contribution >= 4 is 16.0 Å². The van der Waals surface area contributed by atoms with Crippen LogP contribution in [0.15, 0.2) is 45.9 Å². The van der Waals surface area contributed by atoms with E-state index in [9.17, 15) is 18.3 Å². The van der Waals surface area contributed by atoms with E-state index in [2.05, 4.69) is 9.62 Å². The molecule has 1 fully saturated rings. The normalized spacial score (nSPS) is 16.7.